The predicted octanol–water partition coefficient (Wildman–Crippen LogP) is -0.200. The van der Waals surface area contributed by atoms with E-state index in [1.165, 1.54) is 0 Å². The predicted molar refractivity (Wildman–Crippen MR) is 55.6 cm³/mol. The maximum Gasteiger partial charge on any atom is 0.217 e. The van der Waals surface area contributed by atoms with Crippen LogP contribution in [0.1, 0.15) is 19.3 Å². The zero-order valence-corrected chi connectivity index (χ0v) is 9.40. The van der Waals surface area contributed by atoms with Crippen molar-refractivity contribution in [2.45, 2.75) is 19.3 Å². The zero-order chi connectivity index (χ0) is 11.0. The van der Waals surface area contributed by atoms with Crippen LogP contribution in [0.15, 0.2) is 0 Å². The monoisotopic (exact) mass is 242 g/mol. The van der Waals surface area contributed by atoms with E-state index in [9.17, 15) is 13.2 Å². The lowest BCUT2D eigenvalue weighted by atomic mass is 10.3. The molecule has 0 aromatic carbocycles. The fourth-order valence-electron chi connectivity index (χ4n) is 0.807. The van der Waals surface area contributed by atoms with Gasteiger partial charge in [0.25, 0.3) is 0 Å². The van der Waals surface area contributed by atoms with Gasteiger partial charge in [-0.2, -0.15) is 0 Å². The highest BCUT2D eigenvalue weighted by Crippen LogP contribution is 1.93. The number of halogens is 1. The van der Waals surface area contributed by atoms with Crippen molar-refractivity contribution in [1.82, 2.24) is 4.72 Å². The maximum absolute atomic E-state index is 11.1. The first-order valence-corrected chi connectivity index (χ1v) is 6.48. The molecule has 3 N–H and O–H groups in total. The Morgan fingerprint density at radius 3 is 2.50 bits per heavy atom. The van der Waals surface area contributed by atoms with E-state index >= 15 is 0 Å². The van der Waals surface area contributed by atoms with Gasteiger partial charge in [0.15, 0.2) is 0 Å². The summed E-state index contributed by atoms with van der Waals surface area (Å²) in [5, 5.41) is 0. The number of alkyl halides is 1. The number of amides is 1. The van der Waals surface area contributed by atoms with Crippen LogP contribution in [-0.4, -0.2) is 32.5 Å². The number of hydrogen-bond acceptors (Lipinski definition) is 3. The Bertz CT molecular complexity index is 266. The molecule has 14 heavy (non-hydrogen) atoms. The van der Waals surface area contributed by atoms with Crippen molar-refractivity contribution >= 4 is 27.5 Å². The van der Waals surface area contributed by atoms with E-state index in [0.717, 1.165) is 0 Å². The van der Waals surface area contributed by atoms with Gasteiger partial charge in [-0.15, -0.1) is 11.6 Å². The molecule has 0 bridgehead atoms. The lowest BCUT2D eigenvalue weighted by Crippen LogP contribution is -2.28. The van der Waals surface area contributed by atoms with Crippen molar-refractivity contribution in [2.75, 3.05) is 18.2 Å². The van der Waals surface area contributed by atoms with Gasteiger partial charge in [-0.25, -0.2) is 13.1 Å². The molecule has 84 valence electrons. The Morgan fingerprint density at radius 1 is 1.36 bits per heavy atom. The molecule has 0 heterocycles. The van der Waals surface area contributed by atoms with Crippen molar-refractivity contribution in [3.63, 3.8) is 0 Å². The summed E-state index contributed by atoms with van der Waals surface area (Å²) in [6, 6.07) is 0. The van der Waals surface area contributed by atoms with Crippen molar-refractivity contribution in [1.29, 1.82) is 0 Å². The highest BCUT2D eigenvalue weighted by Gasteiger charge is 2.08. The smallest absolute Gasteiger partial charge is 0.217 e. The Labute approximate surface area is 89.0 Å². The number of carbonyl (C=O) groups excluding carboxylic acids is 1. The first-order valence-electron chi connectivity index (χ1n) is 4.29. The number of nitrogens with one attached hydrogen (secondary N) is 1. The van der Waals surface area contributed by atoms with Gasteiger partial charge in [-0.1, -0.05) is 0 Å². The second-order valence-electron chi connectivity index (χ2n) is 2.83. The van der Waals surface area contributed by atoms with Crippen molar-refractivity contribution in [3.05, 3.63) is 0 Å². The molecular formula is C7H15ClN2O3S. The van der Waals surface area contributed by atoms with Crippen LogP contribution in [-0.2, 0) is 14.8 Å². The quantitative estimate of drug-likeness (QED) is 0.456. The summed E-state index contributed by atoms with van der Waals surface area (Å²) in [7, 11) is -3.23. The van der Waals surface area contributed by atoms with Gasteiger partial charge in [0.05, 0.1) is 5.75 Å². The summed E-state index contributed by atoms with van der Waals surface area (Å²) in [4.78, 5) is 10.3. The summed E-state index contributed by atoms with van der Waals surface area (Å²) >= 11 is 5.36. The van der Waals surface area contributed by atoms with Crippen molar-refractivity contribution in [2.24, 2.45) is 5.73 Å². The molecule has 0 aliphatic carbocycles. The van der Waals surface area contributed by atoms with Gasteiger partial charge < -0.3 is 5.73 Å². The fraction of sp³-hybridized carbons (Fsp3) is 0.857. The highest BCUT2D eigenvalue weighted by molar-refractivity contribution is 7.89. The van der Waals surface area contributed by atoms with Gasteiger partial charge in [-0.05, 0) is 12.8 Å². The van der Waals surface area contributed by atoms with Crippen LogP contribution in [0.5, 0.6) is 0 Å². The standard InChI is InChI=1S/C7H15ClN2O3S/c8-4-2-6-14(12,13)10-5-1-3-7(9)11/h10H,1-6H2,(H2,9,11). The van der Waals surface area contributed by atoms with Crippen LogP contribution < -0.4 is 10.5 Å². The molecule has 0 aromatic heterocycles. The third kappa shape index (κ3) is 8.28. The van der Waals surface area contributed by atoms with Crippen LogP contribution in [0.25, 0.3) is 0 Å². The third-order valence-electron chi connectivity index (χ3n) is 1.47. The van der Waals surface area contributed by atoms with Gasteiger partial charge in [0, 0.05) is 18.8 Å². The normalized spacial score (nSPS) is 11.5. The number of nitrogens with two attached hydrogens (primary N) is 1. The molecule has 0 saturated carbocycles. The number of carbonyl (C=O) groups is 1. The second kappa shape index (κ2) is 7.03. The van der Waals surface area contributed by atoms with Gasteiger partial charge >= 0.3 is 0 Å². The molecule has 0 spiro atoms. The molecule has 0 aliphatic rings. The largest absolute Gasteiger partial charge is 0.370 e. The summed E-state index contributed by atoms with van der Waals surface area (Å²) in [6.07, 6.45) is 1.04. The molecule has 0 unspecified atom stereocenters. The molecule has 0 atom stereocenters. The second-order valence-corrected chi connectivity index (χ2v) is 5.13. The zero-order valence-electron chi connectivity index (χ0n) is 7.83. The summed E-state index contributed by atoms with van der Waals surface area (Å²) in [5.41, 5.74) is 4.89. The molecule has 5 nitrogen and oxygen atoms in total. The molecule has 0 aromatic rings. The van der Waals surface area contributed by atoms with Crippen LogP contribution >= 0.6 is 11.6 Å². The van der Waals surface area contributed by atoms with E-state index in [1.54, 1.807) is 0 Å². The molecule has 0 radical (unpaired) electrons. The minimum Gasteiger partial charge on any atom is -0.370 e. The number of hydrogen-bond donors (Lipinski definition) is 2. The van der Waals surface area contributed by atoms with Crippen LogP contribution in [0.3, 0.4) is 0 Å². The van der Waals surface area contributed by atoms with E-state index in [1.807, 2.05) is 0 Å². The summed E-state index contributed by atoms with van der Waals surface area (Å²) in [5.74, 6) is -0.0834. The van der Waals surface area contributed by atoms with Crippen LogP contribution in [0.2, 0.25) is 0 Å². The minimum absolute atomic E-state index is 0.0209. The lowest BCUT2D eigenvalue weighted by molar-refractivity contribution is -0.118. The first-order chi connectivity index (χ1) is 6.48. The number of rotatable bonds is 8. The number of primary amides is 1. The average molecular weight is 243 g/mol. The molecule has 7 heteroatoms. The van der Waals surface area contributed by atoms with Crippen molar-refractivity contribution in [3.8, 4) is 0 Å². The van der Waals surface area contributed by atoms with Crippen LogP contribution in [0.4, 0.5) is 0 Å². The Hall–Kier alpha value is -0.330. The van der Waals surface area contributed by atoms with E-state index in [4.69, 9.17) is 17.3 Å². The Morgan fingerprint density at radius 2 is 2.00 bits per heavy atom. The fourth-order valence-corrected chi connectivity index (χ4v) is 2.22. The average Bonchev–Trinajstić information content (AvgIpc) is 2.09. The molecule has 0 saturated heterocycles. The van der Waals surface area contributed by atoms with E-state index in [-0.39, 0.29) is 18.7 Å². The topological polar surface area (TPSA) is 89.3 Å². The van der Waals surface area contributed by atoms with E-state index < -0.39 is 15.9 Å². The van der Waals surface area contributed by atoms with Gasteiger partial charge in [0.1, 0.15) is 0 Å². The first kappa shape index (κ1) is 13.7. The molecule has 0 aliphatic heterocycles. The lowest BCUT2D eigenvalue weighted by Gasteiger charge is -2.04. The minimum atomic E-state index is -3.23. The van der Waals surface area contributed by atoms with Gasteiger partial charge in [0.2, 0.25) is 15.9 Å². The molecular weight excluding hydrogens is 228 g/mol. The summed E-state index contributed by atoms with van der Waals surface area (Å²) < 4.78 is 24.7. The maximum atomic E-state index is 11.1. The number of sulfonamides is 1. The van der Waals surface area contributed by atoms with E-state index in [0.29, 0.717) is 18.7 Å². The molecule has 0 fully saturated rings. The Kier molecular flexibility index (Phi) is 6.86. The third-order valence-corrected chi connectivity index (χ3v) is 3.21. The Balaban J connectivity index is 3.61. The molecule has 1 amide bonds. The van der Waals surface area contributed by atoms with Crippen LogP contribution in [0, 0.1) is 0 Å². The summed E-state index contributed by atoms with van der Waals surface area (Å²) in [6.45, 7) is 0.244. The van der Waals surface area contributed by atoms with E-state index in [2.05, 4.69) is 4.72 Å². The van der Waals surface area contributed by atoms with Gasteiger partial charge in [-0.3, -0.25) is 4.79 Å². The molecule has 0 rings (SSSR count). The highest BCUT2D eigenvalue weighted by atomic mass is 35.5. The SMILES string of the molecule is NC(=O)CCCNS(=O)(=O)CCCCl. The van der Waals surface area contributed by atoms with Crippen molar-refractivity contribution < 1.29 is 13.2 Å².